The molecule has 0 aliphatic rings. The number of aromatic nitrogens is 2. The summed E-state index contributed by atoms with van der Waals surface area (Å²) >= 11 is 0. The fourth-order valence-electron chi connectivity index (χ4n) is 5.57. The Hall–Kier alpha value is -4.42. The van der Waals surface area contributed by atoms with Gasteiger partial charge in [0.25, 0.3) is 0 Å². The number of fused-ring (bicyclic) bond motifs is 5. The van der Waals surface area contributed by atoms with Gasteiger partial charge in [-0.15, -0.1) is 0 Å². The maximum Gasteiger partial charge on any atom is 0.224 e. The highest BCUT2D eigenvalue weighted by Crippen LogP contribution is 2.42. The van der Waals surface area contributed by atoms with E-state index in [0.29, 0.717) is 5.69 Å². The number of rotatable bonds is 1. The lowest BCUT2D eigenvalue weighted by atomic mass is 9.99. The molecule has 0 aliphatic carbocycles. The van der Waals surface area contributed by atoms with Gasteiger partial charge in [-0.25, -0.2) is 9.41 Å². The molecule has 0 fully saturated rings. The van der Waals surface area contributed by atoms with Crippen molar-refractivity contribution in [3.8, 4) is 11.1 Å². The van der Waals surface area contributed by atoms with Crippen LogP contribution in [0.3, 0.4) is 0 Å². The Kier molecular flexibility index (Phi) is 3.47. The summed E-state index contributed by atoms with van der Waals surface area (Å²) in [6.07, 6.45) is 2.11. The summed E-state index contributed by atoms with van der Waals surface area (Å²) in [4.78, 5) is 3.80. The van der Waals surface area contributed by atoms with Gasteiger partial charge in [0, 0.05) is 16.8 Å². The van der Waals surface area contributed by atoms with Crippen molar-refractivity contribution in [1.29, 1.82) is 0 Å². The molecular formula is C30H20N3+. The molecule has 0 spiro atoms. The average Bonchev–Trinajstić information content (AvgIpc) is 3.18. The first-order chi connectivity index (χ1) is 16.2. The normalized spacial score (nSPS) is 11.9. The molecule has 0 unspecified atom stereocenters. The van der Waals surface area contributed by atoms with Crippen molar-refractivity contribution in [2.24, 2.45) is 7.05 Å². The Balaban J connectivity index is 1.82. The summed E-state index contributed by atoms with van der Waals surface area (Å²) in [6, 6.07) is 28.0. The Labute approximate surface area is 190 Å². The van der Waals surface area contributed by atoms with Crippen LogP contribution in [0.2, 0.25) is 0 Å². The SMILES string of the molecule is [C-]#[N+]c1cc2cc[n+](C)c3c4c(C)ccc5c6ccc(-c7ccccc7)cc6n(c(c1)c23)c54. The molecule has 0 saturated carbocycles. The Morgan fingerprint density at radius 1 is 0.788 bits per heavy atom. The molecule has 0 N–H and O–H groups in total. The van der Waals surface area contributed by atoms with Crippen LogP contribution in [0.4, 0.5) is 5.69 Å². The average molecular weight is 423 g/mol. The summed E-state index contributed by atoms with van der Waals surface area (Å²) in [5.41, 5.74) is 9.06. The summed E-state index contributed by atoms with van der Waals surface area (Å²) in [5.74, 6) is 0. The summed E-state index contributed by atoms with van der Waals surface area (Å²) in [5, 5.41) is 6.08. The molecule has 0 radical (unpaired) electrons. The zero-order valence-electron chi connectivity index (χ0n) is 18.4. The van der Waals surface area contributed by atoms with Crippen molar-refractivity contribution in [1.82, 2.24) is 4.40 Å². The van der Waals surface area contributed by atoms with Gasteiger partial charge in [0.2, 0.25) is 5.52 Å². The van der Waals surface area contributed by atoms with Gasteiger partial charge in [-0.05, 0) is 47.2 Å². The number of hydrogen-bond acceptors (Lipinski definition) is 0. The van der Waals surface area contributed by atoms with E-state index in [1.807, 2.05) is 6.07 Å². The third-order valence-corrected chi connectivity index (χ3v) is 7.05. The van der Waals surface area contributed by atoms with Gasteiger partial charge < -0.3 is 4.40 Å². The van der Waals surface area contributed by atoms with Gasteiger partial charge >= 0.3 is 0 Å². The van der Waals surface area contributed by atoms with Crippen LogP contribution in [0.15, 0.2) is 85.1 Å². The predicted molar refractivity (Wildman–Crippen MR) is 136 cm³/mol. The van der Waals surface area contributed by atoms with Crippen molar-refractivity contribution >= 4 is 54.7 Å². The maximum atomic E-state index is 7.71. The minimum Gasteiger partial charge on any atom is -0.309 e. The molecule has 3 aromatic heterocycles. The van der Waals surface area contributed by atoms with Gasteiger partial charge in [-0.3, -0.25) is 0 Å². The molecule has 0 amide bonds. The maximum absolute atomic E-state index is 7.71. The molecule has 4 aromatic carbocycles. The largest absolute Gasteiger partial charge is 0.309 e. The lowest BCUT2D eigenvalue weighted by Crippen LogP contribution is -2.28. The van der Waals surface area contributed by atoms with E-state index >= 15 is 0 Å². The van der Waals surface area contributed by atoms with E-state index in [9.17, 15) is 0 Å². The Morgan fingerprint density at radius 3 is 2.42 bits per heavy atom. The highest BCUT2D eigenvalue weighted by Gasteiger charge is 2.24. The minimum absolute atomic E-state index is 0.669. The van der Waals surface area contributed by atoms with Crippen LogP contribution in [-0.2, 0) is 7.05 Å². The molecule has 33 heavy (non-hydrogen) atoms. The van der Waals surface area contributed by atoms with E-state index in [0.717, 1.165) is 10.9 Å². The van der Waals surface area contributed by atoms with Gasteiger partial charge in [0.1, 0.15) is 7.05 Å². The molecule has 7 rings (SSSR count). The topological polar surface area (TPSA) is 12.7 Å². The lowest BCUT2D eigenvalue weighted by Gasteiger charge is -2.13. The van der Waals surface area contributed by atoms with E-state index in [1.165, 1.54) is 54.8 Å². The molecule has 0 bridgehead atoms. The van der Waals surface area contributed by atoms with E-state index < -0.39 is 0 Å². The molecule has 3 heteroatoms. The summed E-state index contributed by atoms with van der Waals surface area (Å²) < 4.78 is 4.62. The molecule has 154 valence electrons. The quantitative estimate of drug-likeness (QED) is 0.114. The van der Waals surface area contributed by atoms with Crippen LogP contribution in [0.25, 0.3) is 65.0 Å². The number of benzene rings is 4. The first kappa shape index (κ1) is 18.2. The smallest absolute Gasteiger partial charge is 0.224 e. The third-order valence-electron chi connectivity index (χ3n) is 7.05. The third kappa shape index (κ3) is 2.30. The van der Waals surface area contributed by atoms with Crippen molar-refractivity contribution in [3.05, 3.63) is 102 Å². The van der Waals surface area contributed by atoms with Crippen LogP contribution in [0, 0.1) is 13.5 Å². The second kappa shape index (κ2) is 6.31. The van der Waals surface area contributed by atoms with Gasteiger partial charge in [-0.1, -0.05) is 54.6 Å². The fourth-order valence-corrected chi connectivity index (χ4v) is 5.57. The van der Waals surface area contributed by atoms with Gasteiger partial charge in [0.05, 0.1) is 33.9 Å². The molecule has 7 aromatic rings. The number of nitrogens with zero attached hydrogens (tertiary/aromatic N) is 3. The number of pyridine rings is 2. The van der Waals surface area contributed by atoms with Gasteiger partial charge in [-0.2, -0.15) is 0 Å². The second-order valence-electron chi connectivity index (χ2n) is 8.90. The van der Waals surface area contributed by atoms with E-state index in [4.69, 9.17) is 6.57 Å². The second-order valence-corrected chi connectivity index (χ2v) is 8.90. The molecule has 0 atom stereocenters. The fraction of sp³-hybridized carbons (Fsp3) is 0.0667. The van der Waals surface area contributed by atoms with Crippen molar-refractivity contribution in [2.45, 2.75) is 6.92 Å². The van der Waals surface area contributed by atoms with Crippen LogP contribution in [0.5, 0.6) is 0 Å². The van der Waals surface area contributed by atoms with Crippen LogP contribution >= 0.6 is 0 Å². The zero-order chi connectivity index (χ0) is 22.3. The van der Waals surface area contributed by atoms with E-state index in [1.54, 1.807) is 0 Å². The Bertz CT molecular complexity index is 1940. The summed E-state index contributed by atoms with van der Waals surface area (Å²) in [6.45, 7) is 9.91. The van der Waals surface area contributed by atoms with Crippen molar-refractivity contribution in [3.63, 3.8) is 0 Å². The van der Waals surface area contributed by atoms with E-state index in [2.05, 4.69) is 107 Å². The monoisotopic (exact) mass is 422 g/mol. The van der Waals surface area contributed by atoms with Crippen LogP contribution in [-0.4, -0.2) is 4.40 Å². The molecule has 0 saturated heterocycles. The molecule has 0 aliphatic heterocycles. The highest BCUT2D eigenvalue weighted by atomic mass is 15.0. The first-order valence-corrected chi connectivity index (χ1v) is 11.1. The molecular weight excluding hydrogens is 402 g/mol. The summed E-state index contributed by atoms with van der Waals surface area (Å²) in [7, 11) is 2.12. The predicted octanol–water partition coefficient (Wildman–Crippen LogP) is 7.34. The highest BCUT2D eigenvalue weighted by molar-refractivity contribution is 6.26. The zero-order valence-corrected chi connectivity index (χ0v) is 18.4. The Morgan fingerprint density at radius 2 is 1.61 bits per heavy atom. The minimum atomic E-state index is 0.669. The van der Waals surface area contributed by atoms with Crippen LogP contribution in [0.1, 0.15) is 5.56 Å². The number of aryl methyl sites for hydroxylation is 2. The van der Waals surface area contributed by atoms with E-state index in [-0.39, 0.29) is 0 Å². The molecule has 3 nitrogen and oxygen atoms in total. The standard InChI is InChI=1S/C30H20N3/c1-18-9-11-24-23-12-10-20(19-7-5-4-6-8-19)16-25(23)33-26-17-22(31-2)15-21-13-14-32(3)30(28(21)26)27(18)29(24)33/h4-17H,1,3H3/q+1. The van der Waals surface area contributed by atoms with Crippen molar-refractivity contribution < 1.29 is 4.57 Å². The first-order valence-electron chi connectivity index (χ1n) is 11.1. The van der Waals surface area contributed by atoms with Crippen LogP contribution < -0.4 is 4.57 Å². The number of hydrogen-bond donors (Lipinski definition) is 0. The lowest BCUT2D eigenvalue weighted by molar-refractivity contribution is -0.643. The van der Waals surface area contributed by atoms with Gasteiger partial charge in [0.15, 0.2) is 11.9 Å². The van der Waals surface area contributed by atoms with Crippen molar-refractivity contribution in [2.75, 3.05) is 0 Å². The molecule has 3 heterocycles.